The fourth-order valence-corrected chi connectivity index (χ4v) is 5.13. The zero-order valence-corrected chi connectivity index (χ0v) is 19.0. The van der Waals surface area contributed by atoms with Crippen molar-refractivity contribution >= 4 is 34.1 Å². The number of nitrogens with two attached hydrogens (primary N) is 1. The number of amides is 1. The Hall–Kier alpha value is -2.85. The molecule has 0 bridgehead atoms. The molecular formula is C23H24ClF3N6O. The van der Waals surface area contributed by atoms with Gasteiger partial charge in [0.25, 0.3) is 5.91 Å². The number of halogens is 4. The van der Waals surface area contributed by atoms with Crippen LogP contribution in [0.5, 0.6) is 0 Å². The summed E-state index contributed by atoms with van der Waals surface area (Å²) in [6.07, 6.45) is 1.65. The third-order valence-corrected chi connectivity index (χ3v) is 7.08. The maximum atomic E-state index is 13.2. The molecule has 180 valence electrons. The number of anilines is 1. The number of benzene rings is 1. The highest BCUT2D eigenvalue weighted by Gasteiger charge is 2.34. The molecule has 4 N–H and O–H groups in total. The highest BCUT2D eigenvalue weighted by Crippen LogP contribution is 2.43. The van der Waals surface area contributed by atoms with E-state index in [0.29, 0.717) is 16.0 Å². The average molecular weight is 493 g/mol. The van der Waals surface area contributed by atoms with Crippen molar-refractivity contribution < 1.29 is 18.0 Å². The van der Waals surface area contributed by atoms with E-state index in [0.717, 1.165) is 50.4 Å². The highest BCUT2D eigenvalue weighted by atomic mass is 35.5. The molecule has 1 aliphatic carbocycles. The highest BCUT2D eigenvalue weighted by molar-refractivity contribution is 6.32. The summed E-state index contributed by atoms with van der Waals surface area (Å²) in [5.41, 5.74) is 6.50. The number of aromatic nitrogens is 3. The molecule has 3 heterocycles. The lowest BCUT2D eigenvalue weighted by Gasteiger charge is -2.30. The fourth-order valence-electron chi connectivity index (χ4n) is 4.82. The van der Waals surface area contributed by atoms with Crippen LogP contribution in [0.3, 0.4) is 0 Å². The summed E-state index contributed by atoms with van der Waals surface area (Å²) in [6, 6.07) is 4.21. The van der Waals surface area contributed by atoms with Crippen molar-refractivity contribution in [2.24, 2.45) is 0 Å². The van der Waals surface area contributed by atoms with Gasteiger partial charge in [-0.3, -0.25) is 9.48 Å². The van der Waals surface area contributed by atoms with Gasteiger partial charge in [0.15, 0.2) is 0 Å². The van der Waals surface area contributed by atoms with Gasteiger partial charge in [-0.2, -0.15) is 18.3 Å². The largest absolute Gasteiger partial charge is 0.433 e. The first-order valence-corrected chi connectivity index (χ1v) is 11.6. The van der Waals surface area contributed by atoms with Crippen LogP contribution in [-0.2, 0) is 6.18 Å². The lowest BCUT2D eigenvalue weighted by Crippen LogP contribution is -2.43. The Morgan fingerprint density at radius 2 is 1.94 bits per heavy atom. The predicted octanol–water partition coefficient (Wildman–Crippen LogP) is 4.29. The van der Waals surface area contributed by atoms with Gasteiger partial charge < -0.3 is 16.4 Å². The standard InChI is InChI=1S/C23H24ClF3N6O/c24-16-5-6-18-21(17(28)7-19(32-18)23(25,26)27)20(16)12-1-3-14(4-2-12)31-22(34)13-8-30-33(11-13)15-9-29-10-15/h5-8,11-12,14-15,29H,1-4,9-10H2,(H2,28,32)(H,31,34). The Morgan fingerprint density at radius 1 is 1.21 bits per heavy atom. The van der Waals surface area contributed by atoms with Crippen LogP contribution in [-0.4, -0.2) is 39.8 Å². The minimum Gasteiger partial charge on any atom is -0.398 e. The van der Waals surface area contributed by atoms with Crippen LogP contribution < -0.4 is 16.4 Å². The van der Waals surface area contributed by atoms with Crippen LogP contribution in [0, 0.1) is 0 Å². The van der Waals surface area contributed by atoms with Crippen LogP contribution in [0.2, 0.25) is 5.02 Å². The molecule has 2 aromatic heterocycles. The van der Waals surface area contributed by atoms with E-state index in [1.807, 2.05) is 4.68 Å². The van der Waals surface area contributed by atoms with Gasteiger partial charge in [0, 0.05) is 41.4 Å². The molecule has 5 rings (SSSR count). The summed E-state index contributed by atoms with van der Waals surface area (Å²) in [4.78, 5) is 16.5. The number of alkyl halides is 3. The number of fused-ring (bicyclic) bond motifs is 1. The Balaban J connectivity index is 1.29. The first kappa shape index (κ1) is 22.9. The van der Waals surface area contributed by atoms with E-state index in [1.165, 1.54) is 6.07 Å². The van der Waals surface area contributed by atoms with E-state index < -0.39 is 11.9 Å². The summed E-state index contributed by atoms with van der Waals surface area (Å²) in [5, 5.41) is 11.5. The third-order valence-electron chi connectivity index (χ3n) is 6.75. The molecule has 34 heavy (non-hydrogen) atoms. The van der Waals surface area contributed by atoms with Gasteiger partial charge in [0.1, 0.15) is 5.69 Å². The minimum atomic E-state index is -4.58. The van der Waals surface area contributed by atoms with Crippen LogP contribution in [0.15, 0.2) is 30.6 Å². The Labute approximate surface area is 198 Å². The third kappa shape index (κ3) is 4.32. The summed E-state index contributed by atoms with van der Waals surface area (Å²) in [7, 11) is 0. The molecule has 1 aromatic carbocycles. The number of hydrogen-bond acceptors (Lipinski definition) is 5. The molecule has 2 fully saturated rings. The number of nitrogen functional groups attached to an aromatic ring is 1. The molecule has 2 aliphatic rings. The summed E-state index contributed by atoms with van der Waals surface area (Å²) >= 11 is 6.49. The molecule has 7 nitrogen and oxygen atoms in total. The van der Waals surface area contributed by atoms with Gasteiger partial charge in [-0.15, -0.1) is 0 Å². The number of rotatable bonds is 4. The van der Waals surface area contributed by atoms with Crippen molar-refractivity contribution in [3.63, 3.8) is 0 Å². The van der Waals surface area contributed by atoms with Crippen molar-refractivity contribution in [1.82, 2.24) is 25.4 Å². The monoisotopic (exact) mass is 492 g/mol. The molecule has 0 radical (unpaired) electrons. The summed E-state index contributed by atoms with van der Waals surface area (Å²) in [5.74, 6) is -0.141. The smallest absolute Gasteiger partial charge is 0.398 e. The topological polar surface area (TPSA) is 97.9 Å². The van der Waals surface area contributed by atoms with Crippen LogP contribution >= 0.6 is 11.6 Å². The lowest BCUT2D eigenvalue weighted by atomic mass is 9.80. The van der Waals surface area contributed by atoms with Gasteiger partial charge in [0.2, 0.25) is 0 Å². The number of nitrogens with one attached hydrogen (secondary N) is 2. The number of hydrogen-bond donors (Lipinski definition) is 3. The van der Waals surface area contributed by atoms with Gasteiger partial charge >= 0.3 is 6.18 Å². The van der Waals surface area contributed by atoms with E-state index in [9.17, 15) is 18.0 Å². The van der Waals surface area contributed by atoms with Crippen LogP contribution in [0.1, 0.15) is 59.3 Å². The number of pyridine rings is 1. The molecule has 0 unspecified atom stereocenters. The van der Waals surface area contributed by atoms with E-state index in [-0.39, 0.29) is 35.1 Å². The molecule has 11 heteroatoms. The quantitative estimate of drug-likeness (QED) is 0.505. The minimum absolute atomic E-state index is 0.00137. The Bertz CT molecular complexity index is 1230. The zero-order chi connectivity index (χ0) is 24.0. The number of nitrogens with zero attached hydrogens (tertiary/aromatic N) is 3. The second kappa shape index (κ2) is 8.74. The van der Waals surface area contributed by atoms with Crippen molar-refractivity contribution in [3.05, 3.63) is 52.4 Å². The normalized spacial score (nSPS) is 21.4. The molecular weight excluding hydrogens is 469 g/mol. The number of carbonyl (C=O) groups excluding carboxylic acids is 1. The molecule has 1 saturated heterocycles. The zero-order valence-electron chi connectivity index (χ0n) is 18.2. The Morgan fingerprint density at radius 3 is 2.59 bits per heavy atom. The van der Waals surface area contributed by atoms with E-state index in [1.54, 1.807) is 18.5 Å². The van der Waals surface area contributed by atoms with Gasteiger partial charge in [-0.05, 0) is 55.4 Å². The molecule has 3 aromatic rings. The van der Waals surface area contributed by atoms with E-state index in [4.69, 9.17) is 17.3 Å². The summed E-state index contributed by atoms with van der Waals surface area (Å²) in [6.45, 7) is 1.70. The first-order chi connectivity index (χ1) is 16.2. The van der Waals surface area contributed by atoms with Gasteiger partial charge in [-0.1, -0.05) is 11.6 Å². The predicted molar refractivity (Wildman–Crippen MR) is 123 cm³/mol. The number of carbonyl (C=O) groups is 1. The van der Waals surface area contributed by atoms with Gasteiger partial charge in [-0.25, -0.2) is 4.98 Å². The Kier molecular flexibility index (Phi) is 5.89. The van der Waals surface area contributed by atoms with Crippen molar-refractivity contribution in [3.8, 4) is 0 Å². The van der Waals surface area contributed by atoms with Crippen molar-refractivity contribution in [2.45, 2.75) is 49.9 Å². The maximum absolute atomic E-state index is 13.2. The van der Waals surface area contributed by atoms with Crippen LogP contribution in [0.25, 0.3) is 10.9 Å². The molecule has 0 spiro atoms. The molecule has 1 amide bonds. The molecule has 1 aliphatic heterocycles. The fraction of sp³-hybridized carbons (Fsp3) is 0.435. The van der Waals surface area contributed by atoms with Gasteiger partial charge in [0.05, 0.1) is 23.3 Å². The van der Waals surface area contributed by atoms with Crippen molar-refractivity contribution in [1.29, 1.82) is 0 Å². The average Bonchev–Trinajstić information content (AvgIpc) is 3.22. The lowest BCUT2D eigenvalue weighted by molar-refractivity contribution is -0.140. The SMILES string of the molecule is Nc1cc(C(F)(F)F)nc2ccc(Cl)c(C3CCC(NC(=O)c4cnn(C5CNC5)c4)CC3)c12. The van der Waals surface area contributed by atoms with Crippen LogP contribution in [0.4, 0.5) is 18.9 Å². The molecule has 1 saturated carbocycles. The molecule has 0 atom stereocenters. The van der Waals surface area contributed by atoms with E-state index in [2.05, 4.69) is 20.7 Å². The van der Waals surface area contributed by atoms with Crippen molar-refractivity contribution in [2.75, 3.05) is 18.8 Å². The van der Waals surface area contributed by atoms with E-state index >= 15 is 0 Å². The summed E-state index contributed by atoms with van der Waals surface area (Å²) < 4.78 is 41.3. The second-order valence-corrected chi connectivity index (χ2v) is 9.40. The second-order valence-electron chi connectivity index (χ2n) is 8.99. The first-order valence-electron chi connectivity index (χ1n) is 11.2. The maximum Gasteiger partial charge on any atom is 0.433 e.